The van der Waals surface area contributed by atoms with Crippen LogP contribution in [0.3, 0.4) is 0 Å². The van der Waals surface area contributed by atoms with Gasteiger partial charge in [-0.05, 0) is 80.4 Å². The van der Waals surface area contributed by atoms with Crippen LogP contribution in [0.1, 0.15) is 43.5 Å². The van der Waals surface area contributed by atoms with Crippen molar-refractivity contribution in [3.05, 3.63) is 76.9 Å². The first-order valence-corrected chi connectivity index (χ1v) is 14.6. The molecule has 0 unspecified atom stereocenters. The van der Waals surface area contributed by atoms with Gasteiger partial charge >= 0.3 is 5.91 Å². The number of nitrogens with zero attached hydrogens (tertiary/aromatic N) is 2. The Morgan fingerprint density at radius 1 is 1.05 bits per heavy atom. The maximum atomic E-state index is 13.7. The summed E-state index contributed by atoms with van der Waals surface area (Å²) in [5.41, 5.74) is 2.54. The Hall–Kier alpha value is -4.57. The Labute approximate surface area is 246 Å². The number of methoxy groups -OCH3 is 1. The summed E-state index contributed by atoms with van der Waals surface area (Å²) in [4.78, 5) is 33.5. The summed E-state index contributed by atoms with van der Waals surface area (Å²) in [6.45, 7) is 6.69. The number of benzene rings is 3. The minimum atomic E-state index is -0.968. The Morgan fingerprint density at radius 3 is 2.62 bits per heavy atom. The van der Waals surface area contributed by atoms with Gasteiger partial charge in [-0.25, -0.2) is 4.98 Å². The quantitative estimate of drug-likeness (QED) is 0.151. The standard InChI is InChI=1S/C32H30N2O7S/c1-5-39-21-9-10-22-26(16-21)42-32(33-22)34-28(18-7-12-24(40-6-2)25(15-18)38-4)27(30(36)31(34)37)29(35)19-8-11-23-20(14-19)13-17(3)41-23/h7-12,14-17,28,35H,5-6,13H2,1-4H3/t17-,28-/m1/s1. The van der Waals surface area contributed by atoms with Gasteiger partial charge in [0.1, 0.15) is 23.4 Å². The van der Waals surface area contributed by atoms with E-state index in [9.17, 15) is 14.7 Å². The van der Waals surface area contributed by atoms with Gasteiger partial charge in [0.15, 0.2) is 16.6 Å². The van der Waals surface area contributed by atoms with Crippen LogP contribution in [-0.2, 0) is 16.0 Å². The highest BCUT2D eigenvalue weighted by atomic mass is 32.1. The first-order valence-electron chi connectivity index (χ1n) is 13.8. The molecule has 2 aliphatic rings. The minimum absolute atomic E-state index is 0.0153. The zero-order valence-corrected chi connectivity index (χ0v) is 24.5. The largest absolute Gasteiger partial charge is 0.507 e. The predicted octanol–water partition coefficient (Wildman–Crippen LogP) is 6.05. The molecule has 0 aliphatic carbocycles. The summed E-state index contributed by atoms with van der Waals surface area (Å²) in [5.74, 6) is 0.543. The minimum Gasteiger partial charge on any atom is -0.507 e. The van der Waals surface area contributed by atoms with Crippen LogP contribution in [0, 0.1) is 0 Å². The number of fused-ring (bicyclic) bond motifs is 2. The third kappa shape index (κ3) is 4.71. The number of rotatable bonds is 8. The Balaban J connectivity index is 1.53. The number of hydrogen-bond acceptors (Lipinski definition) is 9. The molecule has 2 atom stereocenters. The molecule has 0 bridgehead atoms. The smallest absolute Gasteiger partial charge is 0.301 e. The number of ketones is 1. The summed E-state index contributed by atoms with van der Waals surface area (Å²) >= 11 is 1.27. The number of thiazole rings is 1. The van der Waals surface area contributed by atoms with Gasteiger partial charge in [0, 0.05) is 12.0 Å². The molecule has 1 aromatic heterocycles. The fourth-order valence-corrected chi connectivity index (χ4v) is 6.47. The Morgan fingerprint density at radius 2 is 1.86 bits per heavy atom. The third-order valence-corrected chi connectivity index (χ3v) is 8.30. The first kappa shape index (κ1) is 27.6. The maximum Gasteiger partial charge on any atom is 0.301 e. The highest BCUT2D eigenvalue weighted by Crippen LogP contribution is 2.46. The van der Waals surface area contributed by atoms with Crippen molar-refractivity contribution in [2.24, 2.45) is 0 Å². The van der Waals surface area contributed by atoms with Crippen LogP contribution in [0.5, 0.6) is 23.0 Å². The lowest BCUT2D eigenvalue weighted by atomic mass is 9.94. The van der Waals surface area contributed by atoms with E-state index in [1.165, 1.54) is 23.3 Å². The zero-order chi connectivity index (χ0) is 29.5. The molecule has 1 amide bonds. The van der Waals surface area contributed by atoms with Crippen molar-refractivity contribution >= 4 is 44.1 Å². The van der Waals surface area contributed by atoms with E-state index in [-0.39, 0.29) is 17.4 Å². The molecule has 4 aromatic rings. The van der Waals surface area contributed by atoms with Crippen molar-refractivity contribution < 1.29 is 33.6 Å². The van der Waals surface area contributed by atoms with Crippen molar-refractivity contribution in [1.82, 2.24) is 4.98 Å². The number of Topliss-reactive ketones (excluding diaryl/α,β-unsaturated/α-hetero) is 1. The van der Waals surface area contributed by atoms with Crippen molar-refractivity contribution in [1.29, 1.82) is 0 Å². The van der Waals surface area contributed by atoms with Crippen LogP contribution in [0.15, 0.2) is 60.2 Å². The number of ether oxygens (including phenoxy) is 4. The lowest BCUT2D eigenvalue weighted by Crippen LogP contribution is -2.29. The van der Waals surface area contributed by atoms with Crippen LogP contribution in [0.25, 0.3) is 16.0 Å². The van der Waals surface area contributed by atoms with Gasteiger partial charge in [-0.15, -0.1) is 0 Å². The SMILES string of the molecule is CCOc1ccc2nc(N3C(=O)C(=O)C(=C(O)c4ccc5c(c4)C[C@@H](C)O5)[C@H]3c3ccc(OCC)c(OC)c3)sc2c1. The summed E-state index contributed by atoms with van der Waals surface area (Å²) < 4.78 is 23.5. The first-order chi connectivity index (χ1) is 20.3. The highest BCUT2D eigenvalue weighted by Gasteiger charge is 2.48. The second kappa shape index (κ2) is 11.0. The number of amides is 1. The molecule has 42 heavy (non-hydrogen) atoms. The van der Waals surface area contributed by atoms with Gasteiger partial charge in [-0.3, -0.25) is 14.5 Å². The number of carbonyl (C=O) groups excluding carboxylic acids is 2. The van der Waals surface area contributed by atoms with Gasteiger partial charge in [0.05, 0.1) is 42.2 Å². The van der Waals surface area contributed by atoms with Gasteiger partial charge in [0.2, 0.25) is 0 Å². The highest BCUT2D eigenvalue weighted by molar-refractivity contribution is 7.22. The number of aromatic nitrogens is 1. The van der Waals surface area contributed by atoms with Crippen molar-refractivity contribution in [2.75, 3.05) is 25.2 Å². The number of hydrogen-bond donors (Lipinski definition) is 1. The average molecular weight is 587 g/mol. The summed E-state index contributed by atoms with van der Waals surface area (Å²) in [6.07, 6.45) is 0.696. The summed E-state index contributed by atoms with van der Waals surface area (Å²) in [6, 6.07) is 15.0. The molecule has 0 saturated carbocycles. The summed E-state index contributed by atoms with van der Waals surface area (Å²) in [5, 5.41) is 12.0. The molecule has 3 aromatic carbocycles. The fraction of sp³-hybridized carbons (Fsp3) is 0.281. The molecule has 10 heteroatoms. The van der Waals surface area contributed by atoms with Crippen LogP contribution < -0.4 is 23.8 Å². The normalized spacial score (nSPS) is 19.2. The van der Waals surface area contributed by atoms with Crippen LogP contribution in [0.2, 0.25) is 0 Å². The second-order valence-electron chi connectivity index (χ2n) is 10.0. The predicted molar refractivity (Wildman–Crippen MR) is 160 cm³/mol. The topological polar surface area (TPSA) is 107 Å². The van der Waals surface area contributed by atoms with Crippen LogP contribution in [0.4, 0.5) is 5.13 Å². The Bertz CT molecular complexity index is 1740. The lowest BCUT2D eigenvalue weighted by Gasteiger charge is -2.24. The molecular formula is C32H30N2O7S. The lowest BCUT2D eigenvalue weighted by molar-refractivity contribution is -0.132. The van der Waals surface area contributed by atoms with Crippen molar-refractivity contribution in [3.63, 3.8) is 0 Å². The molecular weight excluding hydrogens is 556 g/mol. The monoisotopic (exact) mass is 586 g/mol. The average Bonchev–Trinajstić information content (AvgIpc) is 3.65. The number of aliphatic hydroxyl groups excluding tert-OH is 1. The van der Waals surface area contributed by atoms with Crippen molar-refractivity contribution in [3.8, 4) is 23.0 Å². The second-order valence-corrected chi connectivity index (χ2v) is 11.0. The zero-order valence-electron chi connectivity index (χ0n) is 23.7. The molecule has 2 aliphatic heterocycles. The molecule has 1 N–H and O–H groups in total. The Kier molecular flexibility index (Phi) is 7.24. The van der Waals surface area contributed by atoms with E-state index in [1.807, 2.05) is 45.0 Å². The van der Waals surface area contributed by atoms with E-state index in [4.69, 9.17) is 23.9 Å². The van der Waals surface area contributed by atoms with Gasteiger partial charge in [-0.2, -0.15) is 0 Å². The van der Waals surface area contributed by atoms with E-state index in [0.29, 0.717) is 58.7 Å². The molecule has 9 nitrogen and oxygen atoms in total. The molecule has 6 rings (SSSR count). The van der Waals surface area contributed by atoms with Gasteiger partial charge in [-0.1, -0.05) is 17.4 Å². The fourth-order valence-electron chi connectivity index (χ4n) is 5.45. The summed E-state index contributed by atoms with van der Waals surface area (Å²) in [7, 11) is 1.52. The van der Waals surface area contributed by atoms with E-state index < -0.39 is 17.7 Å². The molecule has 1 fully saturated rings. The maximum absolute atomic E-state index is 13.7. The van der Waals surface area contributed by atoms with Gasteiger partial charge < -0.3 is 24.1 Å². The molecule has 0 spiro atoms. The van der Waals surface area contributed by atoms with E-state index in [2.05, 4.69) is 0 Å². The number of anilines is 1. The molecule has 3 heterocycles. The van der Waals surface area contributed by atoms with E-state index in [0.717, 1.165) is 16.0 Å². The van der Waals surface area contributed by atoms with Crippen molar-refractivity contribution in [2.45, 2.75) is 39.3 Å². The van der Waals surface area contributed by atoms with E-state index >= 15 is 0 Å². The third-order valence-electron chi connectivity index (χ3n) is 7.28. The molecule has 216 valence electrons. The molecule has 0 radical (unpaired) electrons. The van der Waals surface area contributed by atoms with E-state index in [1.54, 1.807) is 30.3 Å². The number of aliphatic hydroxyl groups is 1. The van der Waals surface area contributed by atoms with Crippen LogP contribution in [-0.4, -0.2) is 48.2 Å². The number of carbonyl (C=O) groups is 2. The van der Waals surface area contributed by atoms with Crippen LogP contribution >= 0.6 is 11.3 Å². The molecule has 1 saturated heterocycles. The van der Waals surface area contributed by atoms with Gasteiger partial charge in [0.25, 0.3) is 5.78 Å².